The van der Waals surface area contributed by atoms with Gasteiger partial charge in [-0.2, -0.15) is 0 Å². The summed E-state index contributed by atoms with van der Waals surface area (Å²) in [5, 5.41) is 2.96. The minimum atomic E-state index is -0.0373. The Bertz CT molecular complexity index is 462. The first kappa shape index (κ1) is 14.3. The maximum absolute atomic E-state index is 12.4. The smallest absolute Gasteiger partial charge is 0.318 e. The number of amides is 2. The van der Waals surface area contributed by atoms with Gasteiger partial charge in [-0.05, 0) is 30.5 Å². The molecule has 2 aliphatic heterocycles. The van der Waals surface area contributed by atoms with Crippen molar-refractivity contribution >= 4 is 6.03 Å². The highest BCUT2D eigenvalue weighted by Crippen LogP contribution is 2.31. The van der Waals surface area contributed by atoms with Crippen LogP contribution in [0.15, 0.2) is 24.5 Å². The summed E-state index contributed by atoms with van der Waals surface area (Å²) >= 11 is 0. The highest BCUT2D eigenvalue weighted by Gasteiger charge is 2.30. The first-order valence-corrected chi connectivity index (χ1v) is 7.48. The van der Waals surface area contributed by atoms with Crippen molar-refractivity contribution in [2.45, 2.75) is 25.0 Å². The molecule has 0 spiro atoms. The van der Waals surface area contributed by atoms with Crippen LogP contribution < -0.4 is 5.32 Å². The molecule has 3 heterocycles. The monoisotopic (exact) mass is 291 g/mol. The molecular weight excluding hydrogens is 270 g/mol. The van der Waals surface area contributed by atoms with E-state index in [2.05, 4.69) is 10.3 Å². The van der Waals surface area contributed by atoms with Crippen molar-refractivity contribution in [1.82, 2.24) is 15.2 Å². The quantitative estimate of drug-likeness (QED) is 0.913. The van der Waals surface area contributed by atoms with Gasteiger partial charge >= 0.3 is 6.03 Å². The fourth-order valence-corrected chi connectivity index (χ4v) is 2.90. The third-order valence-electron chi connectivity index (χ3n) is 3.97. The van der Waals surface area contributed by atoms with E-state index >= 15 is 0 Å². The van der Waals surface area contributed by atoms with Gasteiger partial charge in [0, 0.05) is 25.5 Å². The number of carbonyl (C=O) groups is 1. The van der Waals surface area contributed by atoms with E-state index in [0.717, 1.165) is 24.9 Å². The number of ether oxygens (including phenoxy) is 2. The molecule has 2 aliphatic rings. The summed E-state index contributed by atoms with van der Waals surface area (Å²) in [7, 11) is 0. The number of likely N-dealkylation sites (tertiary alicyclic amines) is 1. The van der Waals surface area contributed by atoms with E-state index < -0.39 is 0 Å². The van der Waals surface area contributed by atoms with Gasteiger partial charge < -0.3 is 19.7 Å². The summed E-state index contributed by atoms with van der Waals surface area (Å²) in [5.74, 6) is 0. The molecule has 114 valence electrons. The predicted molar refractivity (Wildman–Crippen MR) is 76.9 cm³/mol. The van der Waals surface area contributed by atoms with Crippen LogP contribution in [0.2, 0.25) is 0 Å². The molecular formula is C15H21N3O3. The van der Waals surface area contributed by atoms with Gasteiger partial charge in [-0.15, -0.1) is 0 Å². The highest BCUT2D eigenvalue weighted by atomic mass is 16.6. The Labute approximate surface area is 124 Å². The van der Waals surface area contributed by atoms with Gasteiger partial charge in [0.05, 0.1) is 32.0 Å². The zero-order valence-corrected chi connectivity index (χ0v) is 12.0. The summed E-state index contributed by atoms with van der Waals surface area (Å²) in [6, 6.07) is 4.09. The van der Waals surface area contributed by atoms with Crippen LogP contribution in [0.25, 0.3) is 0 Å². The van der Waals surface area contributed by atoms with Crippen LogP contribution >= 0.6 is 0 Å². The zero-order chi connectivity index (χ0) is 14.5. The first-order chi connectivity index (χ1) is 10.3. The molecule has 0 saturated carbocycles. The Morgan fingerprint density at radius 3 is 3.00 bits per heavy atom. The lowest BCUT2D eigenvalue weighted by Gasteiger charge is -2.27. The Morgan fingerprint density at radius 1 is 1.38 bits per heavy atom. The predicted octanol–water partition coefficient (Wildman–Crippen LogP) is 1.34. The van der Waals surface area contributed by atoms with Gasteiger partial charge in [-0.25, -0.2) is 4.79 Å². The van der Waals surface area contributed by atoms with Gasteiger partial charge in [0.25, 0.3) is 0 Å². The van der Waals surface area contributed by atoms with Gasteiger partial charge in [-0.1, -0.05) is 0 Å². The Kier molecular flexibility index (Phi) is 4.67. The van der Waals surface area contributed by atoms with Crippen LogP contribution in [0, 0.1) is 0 Å². The van der Waals surface area contributed by atoms with Gasteiger partial charge in [0.2, 0.25) is 0 Å². The van der Waals surface area contributed by atoms with Crippen LogP contribution in [0.3, 0.4) is 0 Å². The second-order valence-corrected chi connectivity index (χ2v) is 5.39. The molecule has 1 aromatic heterocycles. The molecule has 2 amide bonds. The molecule has 0 aromatic carbocycles. The summed E-state index contributed by atoms with van der Waals surface area (Å²) in [6.07, 6.45) is 5.54. The number of hydrogen-bond acceptors (Lipinski definition) is 4. The molecule has 0 aliphatic carbocycles. The van der Waals surface area contributed by atoms with E-state index in [1.54, 1.807) is 12.4 Å². The Hall–Kier alpha value is -1.66. The standard InChI is InChI=1S/C15H21N3O3/c19-15(17-10-13-11-20-8-9-21-13)18-7-1-2-14(18)12-3-5-16-6-4-12/h3-6,13-14H,1-2,7-11H2,(H,17,19). The molecule has 2 atom stereocenters. The molecule has 2 fully saturated rings. The molecule has 21 heavy (non-hydrogen) atoms. The molecule has 0 radical (unpaired) electrons. The maximum atomic E-state index is 12.4. The number of hydrogen-bond donors (Lipinski definition) is 1. The number of urea groups is 1. The maximum Gasteiger partial charge on any atom is 0.318 e. The lowest BCUT2D eigenvalue weighted by atomic mass is 10.1. The van der Waals surface area contributed by atoms with Crippen molar-refractivity contribution in [2.75, 3.05) is 32.9 Å². The second kappa shape index (κ2) is 6.87. The van der Waals surface area contributed by atoms with E-state index in [1.807, 2.05) is 17.0 Å². The Balaban J connectivity index is 1.55. The number of nitrogens with one attached hydrogen (secondary N) is 1. The summed E-state index contributed by atoms with van der Waals surface area (Å²) < 4.78 is 10.9. The highest BCUT2D eigenvalue weighted by molar-refractivity contribution is 5.75. The number of rotatable bonds is 3. The lowest BCUT2D eigenvalue weighted by molar-refractivity contribution is -0.0856. The molecule has 1 aromatic rings. The third-order valence-corrected chi connectivity index (χ3v) is 3.97. The van der Waals surface area contributed by atoms with Crippen molar-refractivity contribution in [3.8, 4) is 0 Å². The van der Waals surface area contributed by atoms with E-state index in [9.17, 15) is 4.79 Å². The lowest BCUT2D eigenvalue weighted by Crippen LogP contribution is -2.45. The van der Waals surface area contributed by atoms with Crippen LogP contribution in [0.5, 0.6) is 0 Å². The minimum Gasteiger partial charge on any atom is -0.376 e. The largest absolute Gasteiger partial charge is 0.376 e. The number of aromatic nitrogens is 1. The average molecular weight is 291 g/mol. The minimum absolute atomic E-state index is 0.0246. The second-order valence-electron chi connectivity index (χ2n) is 5.39. The normalized spacial score (nSPS) is 25.8. The van der Waals surface area contributed by atoms with Crippen molar-refractivity contribution in [1.29, 1.82) is 0 Å². The third kappa shape index (κ3) is 3.51. The van der Waals surface area contributed by atoms with Gasteiger partial charge in [0.15, 0.2) is 0 Å². The number of nitrogens with zero attached hydrogens (tertiary/aromatic N) is 2. The first-order valence-electron chi connectivity index (χ1n) is 7.48. The Morgan fingerprint density at radius 2 is 2.24 bits per heavy atom. The topological polar surface area (TPSA) is 63.7 Å². The molecule has 6 heteroatoms. The van der Waals surface area contributed by atoms with Crippen molar-refractivity contribution < 1.29 is 14.3 Å². The average Bonchev–Trinajstić information content (AvgIpc) is 3.04. The van der Waals surface area contributed by atoms with Crippen LogP contribution in [0.1, 0.15) is 24.4 Å². The zero-order valence-electron chi connectivity index (χ0n) is 12.0. The van der Waals surface area contributed by atoms with Crippen molar-refractivity contribution in [2.24, 2.45) is 0 Å². The molecule has 2 unspecified atom stereocenters. The van der Waals surface area contributed by atoms with E-state index in [1.165, 1.54) is 0 Å². The van der Waals surface area contributed by atoms with Crippen molar-refractivity contribution in [3.05, 3.63) is 30.1 Å². The van der Waals surface area contributed by atoms with Crippen LogP contribution in [-0.2, 0) is 9.47 Å². The van der Waals surface area contributed by atoms with Crippen LogP contribution in [-0.4, -0.2) is 54.9 Å². The molecule has 3 rings (SSSR count). The van der Waals surface area contributed by atoms with E-state index in [-0.39, 0.29) is 18.2 Å². The molecule has 6 nitrogen and oxygen atoms in total. The SMILES string of the molecule is O=C(NCC1COCCO1)N1CCCC1c1ccncc1. The van der Waals surface area contributed by atoms with Crippen molar-refractivity contribution in [3.63, 3.8) is 0 Å². The fraction of sp³-hybridized carbons (Fsp3) is 0.600. The molecule has 1 N–H and O–H groups in total. The molecule has 2 saturated heterocycles. The molecule has 0 bridgehead atoms. The van der Waals surface area contributed by atoms with E-state index in [0.29, 0.717) is 26.4 Å². The van der Waals surface area contributed by atoms with Crippen LogP contribution in [0.4, 0.5) is 4.79 Å². The van der Waals surface area contributed by atoms with Gasteiger partial charge in [-0.3, -0.25) is 4.98 Å². The number of pyridine rings is 1. The summed E-state index contributed by atoms with van der Waals surface area (Å²) in [4.78, 5) is 18.3. The fourth-order valence-electron chi connectivity index (χ4n) is 2.90. The summed E-state index contributed by atoms with van der Waals surface area (Å²) in [5.41, 5.74) is 1.15. The number of carbonyl (C=O) groups excluding carboxylic acids is 1. The summed E-state index contributed by atoms with van der Waals surface area (Å²) in [6.45, 7) is 3.08. The van der Waals surface area contributed by atoms with E-state index in [4.69, 9.17) is 9.47 Å². The van der Waals surface area contributed by atoms with Gasteiger partial charge in [0.1, 0.15) is 0 Å².